The Balaban J connectivity index is 2.51. The SMILES string of the molecule is CCC1=C(CC(Cl)OCCN)CN(C)CC1. The zero-order valence-electron chi connectivity index (χ0n) is 10.3. The average Bonchev–Trinajstić information content (AvgIpc) is 2.27. The molecule has 0 spiro atoms. The predicted octanol–water partition coefficient (Wildman–Crippen LogP) is 1.96. The number of nitrogens with zero attached hydrogens (tertiary/aromatic N) is 1. The van der Waals surface area contributed by atoms with E-state index in [1.165, 1.54) is 12.0 Å². The minimum atomic E-state index is -0.230. The fraction of sp³-hybridized carbons (Fsp3) is 0.833. The quantitative estimate of drug-likeness (QED) is 0.575. The molecule has 4 heteroatoms. The number of halogens is 1. The van der Waals surface area contributed by atoms with Crippen LogP contribution in [0.25, 0.3) is 0 Å². The molecule has 0 fully saturated rings. The van der Waals surface area contributed by atoms with Crippen molar-refractivity contribution >= 4 is 11.6 Å². The van der Waals surface area contributed by atoms with Crippen LogP contribution in [-0.4, -0.2) is 43.8 Å². The van der Waals surface area contributed by atoms with Crippen LogP contribution in [0.1, 0.15) is 26.2 Å². The van der Waals surface area contributed by atoms with Crippen molar-refractivity contribution in [2.24, 2.45) is 5.73 Å². The van der Waals surface area contributed by atoms with Gasteiger partial charge in [0.1, 0.15) is 5.56 Å². The number of ether oxygens (including phenoxy) is 1. The molecule has 0 saturated heterocycles. The van der Waals surface area contributed by atoms with Gasteiger partial charge in [-0.15, -0.1) is 0 Å². The van der Waals surface area contributed by atoms with Crippen LogP contribution in [-0.2, 0) is 4.74 Å². The molecule has 0 aromatic heterocycles. The molecule has 1 rings (SSSR count). The first-order chi connectivity index (χ1) is 7.67. The summed E-state index contributed by atoms with van der Waals surface area (Å²) in [6, 6.07) is 0. The van der Waals surface area contributed by atoms with Crippen molar-refractivity contribution in [3.8, 4) is 0 Å². The van der Waals surface area contributed by atoms with Crippen molar-refractivity contribution in [2.45, 2.75) is 31.7 Å². The van der Waals surface area contributed by atoms with Crippen LogP contribution in [0.15, 0.2) is 11.1 Å². The lowest BCUT2D eigenvalue weighted by atomic mass is 9.96. The van der Waals surface area contributed by atoms with Crippen LogP contribution >= 0.6 is 11.6 Å². The third-order valence-electron chi connectivity index (χ3n) is 3.01. The second-order valence-electron chi connectivity index (χ2n) is 4.32. The molecule has 3 nitrogen and oxygen atoms in total. The highest BCUT2D eigenvalue weighted by atomic mass is 35.5. The number of hydrogen-bond donors (Lipinski definition) is 1. The first-order valence-electron chi connectivity index (χ1n) is 6.01. The standard InChI is InChI=1S/C12H23ClN2O/c1-3-10-4-6-15(2)9-11(10)8-12(13)16-7-5-14/h12H,3-9,14H2,1-2H3. The van der Waals surface area contributed by atoms with Gasteiger partial charge in [0.15, 0.2) is 0 Å². The van der Waals surface area contributed by atoms with Gasteiger partial charge in [-0.1, -0.05) is 29.7 Å². The van der Waals surface area contributed by atoms with Gasteiger partial charge in [0, 0.05) is 26.1 Å². The van der Waals surface area contributed by atoms with Crippen molar-refractivity contribution in [1.82, 2.24) is 4.90 Å². The lowest BCUT2D eigenvalue weighted by molar-refractivity contribution is 0.112. The minimum Gasteiger partial charge on any atom is -0.361 e. The van der Waals surface area contributed by atoms with Gasteiger partial charge >= 0.3 is 0 Å². The van der Waals surface area contributed by atoms with E-state index >= 15 is 0 Å². The molecule has 0 bridgehead atoms. The summed E-state index contributed by atoms with van der Waals surface area (Å²) in [6.07, 6.45) is 3.13. The molecule has 2 N–H and O–H groups in total. The molecule has 1 aliphatic heterocycles. The van der Waals surface area contributed by atoms with Crippen molar-refractivity contribution in [1.29, 1.82) is 0 Å². The van der Waals surface area contributed by atoms with E-state index in [2.05, 4.69) is 18.9 Å². The van der Waals surface area contributed by atoms with E-state index in [0.29, 0.717) is 13.2 Å². The first kappa shape index (κ1) is 14.0. The normalized spacial score (nSPS) is 20.2. The summed E-state index contributed by atoms with van der Waals surface area (Å²) < 4.78 is 5.41. The highest BCUT2D eigenvalue weighted by Gasteiger charge is 2.17. The van der Waals surface area contributed by atoms with Gasteiger partial charge in [0.2, 0.25) is 0 Å². The minimum absolute atomic E-state index is 0.230. The Morgan fingerprint density at radius 1 is 1.50 bits per heavy atom. The lowest BCUT2D eigenvalue weighted by Crippen LogP contribution is -2.29. The lowest BCUT2D eigenvalue weighted by Gasteiger charge is -2.28. The highest BCUT2D eigenvalue weighted by Crippen LogP contribution is 2.25. The van der Waals surface area contributed by atoms with Gasteiger partial charge < -0.3 is 15.4 Å². The number of alkyl halides is 1. The van der Waals surface area contributed by atoms with Crippen molar-refractivity contribution in [3.63, 3.8) is 0 Å². The Morgan fingerprint density at radius 3 is 2.88 bits per heavy atom. The van der Waals surface area contributed by atoms with Crippen LogP contribution in [0.4, 0.5) is 0 Å². The molecule has 0 amide bonds. The third kappa shape index (κ3) is 4.42. The van der Waals surface area contributed by atoms with Crippen molar-refractivity contribution < 1.29 is 4.74 Å². The van der Waals surface area contributed by atoms with E-state index in [4.69, 9.17) is 22.1 Å². The Kier molecular flexibility index (Phi) is 6.36. The summed E-state index contributed by atoms with van der Waals surface area (Å²) >= 11 is 6.13. The van der Waals surface area contributed by atoms with Gasteiger partial charge in [-0.05, 0) is 19.9 Å². The van der Waals surface area contributed by atoms with Crippen LogP contribution in [0.5, 0.6) is 0 Å². The summed E-state index contributed by atoms with van der Waals surface area (Å²) in [7, 11) is 2.15. The molecule has 1 heterocycles. The Labute approximate surface area is 104 Å². The Bertz CT molecular complexity index is 243. The second kappa shape index (κ2) is 7.28. The van der Waals surface area contributed by atoms with Gasteiger partial charge in [-0.2, -0.15) is 0 Å². The fourth-order valence-corrected chi connectivity index (χ4v) is 2.38. The number of nitrogens with two attached hydrogens (primary N) is 1. The topological polar surface area (TPSA) is 38.5 Å². The van der Waals surface area contributed by atoms with Gasteiger partial charge in [0.25, 0.3) is 0 Å². The zero-order chi connectivity index (χ0) is 12.0. The summed E-state index contributed by atoms with van der Waals surface area (Å²) in [5.74, 6) is 0. The Hall–Kier alpha value is -0.0900. The molecule has 0 aromatic carbocycles. The maximum Gasteiger partial charge on any atom is 0.134 e. The van der Waals surface area contributed by atoms with E-state index in [1.807, 2.05) is 0 Å². The molecule has 1 aliphatic rings. The van der Waals surface area contributed by atoms with Crippen LogP contribution < -0.4 is 5.73 Å². The smallest absolute Gasteiger partial charge is 0.134 e. The molecule has 94 valence electrons. The second-order valence-corrected chi connectivity index (χ2v) is 4.81. The predicted molar refractivity (Wildman–Crippen MR) is 68.7 cm³/mol. The van der Waals surface area contributed by atoms with Crippen LogP contribution in [0.3, 0.4) is 0 Å². The largest absolute Gasteiger partial charge is 0.361 e. The third-order valence-corrected chi connectivity index (χ3v) is 3.29. The summed E-state index contributed by atoms with van der Waals surface area (Å²) in [4.78, 5) is 2.33. The van der Waals surface area contributed by atoms with E-state index < -0.39 is 0 Å². The van der Waals surface area contributed by atoms with E-state index in [-0.39, 0.29) is 5.56 Å². The van der Waals surface area contributed by atoms with E-state index in [9.17, 15) is 0 Å². The van der Waals surface area contributed by atoms with Gasteiger partial charge in [0.05, 0.1) is 6.61 Å². The molecule has 1 atom stereocenters. The van der Waals surface area contributed by atoms with E-state index in [0.717, 1.165) is 25.9 Å². The molecule has 1 unspecified atom stereocenters. The van der Waals surface area contributed by atoms with Gasteiger partial charge in [-0.25, -0.2) is 0 Å². The van der Waals surface area contributed by atoms with Crippen molar-refractivity contribution in [3.05, 3.63) is 11.1 Å². The number of rotatable bonds is 6. The van der Waals surface area contributed by atoms with Crippen molar-refractivity contribution in [2.75, 3.05) is 33.3 Å². The number of hydrogen-bond acceptors (Lipinski definition) is 3. The number of likely N-dealkylation sites (N-methyl/N-ethyl adjacent to an activating group) is 1. The molecule has 0 aromatic rings. The summed E-state index contributed by atoms with van der Waals surface area (Å²) in [6.45, 7) is 5.47. The fourth-order valence-electron chi connectivity index (χ4n) is 2.10. The maximum absolute atomic E-state index is 6.13. The molecule has 0 aliphatic carbocycles. The molecule has 0 saturated carbocycles. The highest BCUT2D eigenvalue weighted by molar-refractivity contribution is 6.19. The zero-order valence-corrected chi connectivity index (χ0v) is 11.1. The Morgan fingerprint density at radius 2 is 2.25 bits per heavy atom. The summed E-state index contributed by atoms with van der Waals surface area (Å²) in [5.41, 5.74) is 8.16. The van der Waals surface area contributed by atoms with Crippen LogP contribution in [0.2, 0.25) is 0 Å². The summed E-state index contributed by atoms with van der Waals surface area (Å²) in [5, 5.41) is 0. The molecular weight excluding hydrogens is 224 g/mol. The first-order valence-corrected chi connectivity index (χ1v) is 6.45. The maximum atomic E-state index is 6.13. The van der Waals surface area contributed by atoms with Crippen LogP contribution in [0, 0.1) is 0 Å². The monoisotopic (exact) mass is 246 g/mol. The van der Waals surface area contributed by atoms with E-state index in [1.54, 1.807) is 5.57 Å². The van der Waals surface area contributed by atoms with Gasteiger partial charge in [-0.3, -0.25) is 0 Å². The molecule has 16 heavy (non-hydrogen) atoms. The average molecular weight is 247 g/mol. The molecular formula is C12H23ClN2O. The molecule has 0 radical (unpaired) electrons.